The Morgan fingerprint density at radius 3 is 2.32 bits per heavy atom. The molecule has 0 fully saturated rings. The Morgan fingerprint density at radius 1 is 1.27 bits per heavy atom. The quantitative estimate of drug-likeness (QED) is 0.653. The molecule has 1 aromatic rings. The van der Waals surface area contributed by atoms with E-state index in [0.29, 0.717) is 13.2 Å². The van der Waals surface area contributed by atoms with E-state index in [1.807, 2.05) is 0 Å². The van der Waals surface area contributed by atoms with E-state index in [1.54, 1.807) is 5.32 Å². The number of nitrogens with one attached hydrogen (secondary N) is 1. The van der Waals surface area contributed by atoms with E-state index in [4.69, 9.17) is 0 Å². The van der Waals surface area contributed by atoms with Crippen molar-refractivity contribution in [2.45, 2.75) is 18.2 Å². The lowest BCUT2D eigenvalue weighted by molar-refractivity contribution is -0.261. The van der Waals surface area contributed by atoms with E-state index in [9.17, 15) is 36.6 Å². The van der Waals surface area contributed by atoms with Crippen molar-refractivity contribution in [2.24, 2.45) is 0 Å². The number of carbonyl (C=O) groups excluding carboxylic acids is 2. The van der Waals surface area contributed by atoms with Gasteiger partial charge in [0.25, 0.3) is 5.60 Å². The maximum absolute atomic E-state index is 13.3. The largest absolute Gasteiger partial charge is 0.467 e. The van der Waals surface area contributed by atoms with Gasteiger partial charge in [-0.1, -0.05) is 0 Å². The van der Waals surface area contributed by atoms with Gasteiger partial charge in [-0.15, -0.1) is 0 Å². The van der Waals surface area contributed by atoms with Crippen LogP contribution in [-0.4, -0.2) is 35.9 Å². The van der Waals surface area contributed by atoms with Crippen LogP contribution in [0, 0.1) is 11.6 Å². The highest BCUT2D eigenvalue weighted by Gasteiger charge is 2.61. The van der Waals surface area contributed by atoms with E-state index in [1.165, 1.54) is 0 Å². The van der Waals surface area contributed by atoms with E-state index >= 15 is 0 Å². The molecule has 0 heterocycles. The minimum Gasteiger partial charge on any atom is -0.467 e. The first-order chi connectivity index (χ1) is 10.0. The highest BCUT2D eigenvalue weighted by atomic mass is 19.4. The number of rotatable bonds is 4. The summed E-state index contributed by atoms with van der Waals surface area (Å²) in [6, 6.07) is 1.92. The third-order valence-electron chi connectivity index (χ3n) is 2.61. The molecule has 1 atom stereocenters. The zero-order chi connectivity index (χ0) is 17.1. The second-order valence-corrected chi connectivity index (χ2v) is 4.20. The van der Waals surface area contributed by atoms with Crippen LogP contribution in [0.3, 0.4) is 0 Å². The number of anilines is 1. The van der Waals surface area contributed by atoms with Crippen molar-refractivity contribution in [3.05, 3.63) is 29.8 Å². The number of alkyl halides is 3. The van der Waals surface area contributed by atoms with Crippen molar-refractivity contribution in [2.75, 3.05) is 12.4 Å². The molecule has 10 heteroatoms. The molecule has 0 saturated carbocycles. The fourth-order valence-electron chi connectivity index (χ4n) is 1.47. The number of amides is 1. The lowest BCUT2D eigenvalue weighted by Crippen LogP contribution is -2.54. The molecule has 0 aliphatic rings. The first-order valence-corrected chi connectivity index (χ1v) is 5.63. The Morgan fingerprint density at radius 2 is 1.86 bits per heavy atom. The molecule has 1 aromatic carbocycles. The first-order valence-electron chi connectivity index (χ1n) is 5.63. The van der Waals surface area contributed by atoms with Gasteiger partial charge in [-0.2, -0.15) is 13.2 Å². The molecule has 2 N–H and O–H groups in total. The number of halogens is 5. The van der Waals surface area contributed by atoms with Crippen LogP contribution < -0.4 is 5.32 Å². The summed E-state index contributed by atoms with van der Waals surface area (Å²) in [5.74, 6) is -5.80. The Kier molecular flexibility index (Phi) is 5.07. The normalized spacial score (nSPS) is 14.1. The topological polar surface area (TPSA) is 75.6 Å². The van der Waals surface area contributed by atoms with Crippen molar-refractivity contribution in [1.82, 2.24) is 0 Å². The van der Waals surface area contributed by atoms with Gasteiger partial charge in [0, 0.05) is 6.07 Å². The van der Waals surface area contributed by atoms with Gasteiger partial charge in [0.1, 0.15) is 11.6 Å². The second kappa shape index (κ2) is 6.26. The van der Waals surface area contributed by atoms with Crippen LogP contribution in [0.5, 0.6) is 0 Å². The van der Waals surface area contributed by atoms with Crippen LogP contribution in [0.25, 0.3) is 0 Å². The molecule has 5 nitrogen and oxygen atoms in total. The van der Waals surface area contributed by atoms with Gasteiger partial charge in [0.15, 0.2) is 0 Å². The number of hydrogen-bond donors (Lipinski definition) is 2. The Hall–Kier alpha value is -2.23. The molecule has 0 unspecified atom stereocenters. The lowest BCUT2D eigenvalue weighted by Gasteiger charge is -2.26. The lowest BCUT2D eigenvalue weighted by atomic mass is 9.98. The van der Waals surface area contributed by atoms with Gasteiger partial charge in [0.05, 0.1) is 19.2 Å². The molecule has 22 heavy (non-hydrogen) atoms. The van der Waals surface area contributed by atoms with Crippen molar-refractivity contribution in [3.8, 4) is 0 Å². The monoisotopic (exact) mass is 327 g/mol. The number of hydrogen-bond acceptors (Lipinski definition) is 4. The fourth-order valence-corrected chi connectivity index (χ4v) is 1.47. The molecular weight excluding hydrogens is 317 g/mol. The molecule has 0 aliphatic heterocycles. The Labute approximate surface area is 120 Å². The van der Waals surface area contributed by atoms with Gasteiger partial charge >= 0.3 is 12.1 Å². The number of aliphatic hydroxyl groups is 1. The van der Waals surface area contributed by atoms with Gasteiger partial charge in [-0.3, -0.25) is 4.79 Å². The summed E-state index contributed by atoms with van der Waals surface area (Å²) >= 11 is 0. The minimum atomic E-state index is -5.49. The number of carbonyl (C=O) groups is 2. The smallest absolute Gasteiger partial charge is 0.428 e. The minimum absolute atomic E-state index is 0.395. The Balaban J connectivity index is 2.95. The number of ether oxygens (including phenoxy) is 1. The Bertz CT molecular complexity index is 589. The molecule has 0 aromatic heterocycles. The van der Waals surface area contributed by atoms with Crippen molar-refractivity contribution in [3.63, 3.8) is 0 Å². The molecule has 0 saturated heterocycles. The molecule has 1 rings (SSSR count). The number of esters is 1. The third-order valence-corrected chi connectivity index (χ3v) is 2.61. The van der Waals surface area contributed by atoms with Gasteiger partial charge in [-0.05, 0) is 12.1 Å². The molecule has 0 spiro atoms. The standard InChI is InChI=1S/C12H10F5NO4/c1-22-10(20)11(21,12(15,16)17)5-9(19)18-8-3-2-6(13)4-7(8)14/h2-4,21H,5H2,1H3,(H,18,19)/t11-/m1/s1. The van der Waals surface area contributed by atoms with Crippen LogP contribution >= 0.6 is 0 Å². The van der Waals surface area contributed by atoms with Gasteiger partial charge in [-0.25, -0.2) is 13.6 Å². The maximum Gasteiger partial charge on any atom is 0.428 e. The summed E-state index contributed by atoms with van der Waals surface area (Å²) in [7, 11) is 0.594. The molecule has 0 aliphatic carbocycles. The predicted octanol–water partition coefficient (Wildman–Crippen LogP) is 1.76. The summed E-state index contributed by atoms with van der Waals surface area (Å²) in [5.41, 5.74) is -4.69. The van der Waals surface area contributed by atoms with Crippen LogP contribution in [0.4, 0.5) is 27.6 Å². The van der Waals surface area contributed by atoms with E-state index in [-0.39, 0.29) is 0 Å². The first kappa shape index (κ1) is 17.8. The van der Waals surface area contributed by atoms with Crippen molar-refractivity contribution < 1.29 is 41.4 Å². The van der Waals surface area contributed by atoms with Crippen molar-refractivity contribution in [1.29, 1.82) is 0 Å². The number of methoxy groups -OCH3 is 1. The average Bonchev–Trinajstić information content (AvgIpc) is 2.39. The zero-order valence-electron chi connectivity index (χ0n) is 11.0. The van der Waals surface area contributed by atoms with E-state index < -0.39 is 47.4 Å². The summed E-state index contributed by atoms with van der Waals surface area (Å²) in [4.78, 5) is 22.6. The summed E-state index contributed by atoms with van der Waals surface area (Å²) in [6.45, 7) is 0. The average molecular weight is 327 g/mol. The maximum atomic E-state index is 13.3. The summed E-state index contributed by atoms with van der Waals surface area (Å²) in [5, 5.41) is 11.1. The molecule has 122 valence electrons. The van der Waals surface area contributed by atoms with Gasteiger partial charge < -0.3 is 15.2 Å². The van der Waals surface area contributed by atoms with Crippen LogP contribution in [0.15, 0.2) is 18.2 Å². The highest BCUT2D eigenvalue weighted by Crippen LogP contribution is 2.34. The molecule has 1 amide bonds. The van der Waals surface area contributed by atoms with Crippen LogP contribution in [0.2, 0.25) is 0 Å². The predicted molar refractivity (Wildman–Crippen MR) is 62.6 cm³/mol. The zero-order valence-corrected chi connectivity index (χ0v) is 11.0. The summed E-state index contributed by atoms with van der Waals surface area (Å²) < 4.78 is 67.9. The second-order valence-electron chi connectivity index (χ2n) is 4.20. The van der Waals surface area contributed by atoms with E-state index in [0.717, 1.165) is 12.1 Å². The van der Waals surface area contributed by atoms with E-state index in [2.05, 4.69) is 4.74 Å². The highest BCUT2D eigenvalue weighted by molar-refractivity contribution is 5.96. The molecule has 0 radical (unpaired) electrons. The van der Waals surface area contributed by atoms with Crippen LogP contribution in [-0.2, 0) is 14.3 Å². The summed E-state index contributed by atoms with van der Waals surface area (Å²) in [6.07, 6.45) is -7.24. The molecule has 0 bridgehead atoms. The molecular formula is C12H10F5NO4. The fraction of sp³-hybridized carbons (Fsp3) is 0.333. The third kappa shape index (κ3) is 3.70. The SMILES string of the molecule is COC(=O)[C@](O)(CC(=O)Nc1ccc(F)cc1F)C(F)(F)F. The van der Waals surface area contributed by atoms with Gasteiger partial charge in [0.2, 0.25) is 5.91 Å². The number of benzene rings is 1. The van der Waals surface area contributed by atoms with Crippen LogP contribution in [0.1, 0.15) is 6.42 Å². The van der Waals surface area contributed by atoms with Crippen molar-refractivity contribution >= 4 is 17.6 Å².